The molecule has 0 spiro atoms. The second kappa shape index (κ2) is 1.76. The van der Waals surface area contributed by atoms with Crippen LogP contribution in [0.2, 0.25) is 0 Å². The van der Waals surface area contributed by atoms with Gasteiger partial charge in [0, 0.05) is 12.7 Å². The van der Waals surface area contributed by atoms with Crippen molar-refractivity contribution >= 4 is 0 Å². The highest BCUT2D eigenvalue weighted by Gasteiger charge is 2.08. The molecule has 1 heteroatoms. The Hall–Kier alpha value is -0.980. The molecule has 0 bridgehead atoms. The predicted octanol–water partition coefficient (Wildman–Crippen LogP) is 1.36. The van der Waals surface area contributed by atoms with Crippen LogP contribution in [0, 0.1) is 0 Å². The summed E-state index contributed by atoms with van der Waals surface area (Å²) < 4.78 is 0. The van der Waals surface area contributed by atoms with Crippen molar-refractivity contribution in [3.8, 4) is 0 Å². The van der Waals surface area contributed by atoms with Crippen molar-refractivity contribution in [2.45, 2.75) is 6.42 Å². The molecule has 0 aromatic rings. The molecule has 9 heavy (non-hydrogen) atoms. The van der Waals surface area contributed by atoms with Crippen LogP contribution in [0.25, 0.3) is 0 Å². The van der Waals surface area contributed by atoms with Gasteiger partial charge in [0.15, 0.2) is 0 Å². The van der Waals surface area contributed by atoms with E-state index in [0.717, 1.165) is 13.0 Å². The van der Waals surface area contributed by atoms with Gasteiger partial charge in [-0.05, 0) is 17.6 Å². The molecule has 0 saturated heterocycles. The molecule has 1 heterocycles. The van der Waals surface area contributed by atoms with Crippen molar-refractivity contribution in [3.05, 3.63) is 35.6 Å². The molecule has 0 radical (unpaired) electrons. The SMILES string of the molecule is C1=CC2=CCNC=C2C1. The van der Waals surface area contributed by atoms with E-state index in [0.29, 0.717) is 0 Å². The maximum absolute atomic E-state index is 3.18. The number of fused-ring (bicyclic) bond motifs is 1. The molecule has 2 rings (SSSR count). The molecule has 2 aliphatic rings. The molecule has 0 saturated carbocycles. The Morgan fingerprint density at radius 2 is 2.44 bits per heavy atom. The van der Waals surface area contributed by atoms with Gasteiger partial charge in [0.05, 0.1) is 0 Å². The number of dihydropyridines is 1. The molecular weight excluding hydrogens is 110 g/mol. The van der Waals surface area contributed by atoms with Crippen molar-refractivity contribution in [2.75, 3.05) is 6.54 Å². The summed E-state index contributed by atoms with van der Waals surface area (Å²) in [7, 11) is 0. The molecule has 1 aliphatic heterocycles. The Bertz CT molecular complexity index is 209. The molecule has 1 N–H and O–H groups in total. The quantitative estimate of drug-likeness (QED) is 0.507. The standard InChI is InChI=1S/C8H9N/c1-2-7-4-5-9-6-8(7)3-1/h1-2,4,6,9H,3,5H2. The molecule has 1 aliphatic carbocycles. The molecule has 0 amide bonds. The third kappa shape index (κ3) is 0.689. The minimum absolute atomic E-state index is 0.989. The van der Waals surface area contributed by atoms with Gasteiger partial charge >= 0.3 is 0 Å². The second-order valence-corrected chi connectivity index (χ2v) is 2.34. The van der Waals surface area contributed by atoms with Crippen LogP contribution < -0.4 is 5.32 Å². The third-order valence-electron chi connectivity index (χ3n) is 1.72. The van der Waals surface area contributed by atoms with Crippen molar-refractivity contribution in [3.63, 3.8) is 0 Å². The number of hydrogen-bond donors (Lipinski definition) is 1. The molecule has 0 fully saturated rings. The summed E-state index contributed by atoms with van der Waals surface area (Å²) in [4.78, 5) is 0. The number of nitrogens with one attached hydrogen (secondary N) is 1. The van der Waals surface area contributed by atoms with Crippen LogP contribution in [0.3, 0.4) is 0 Å². The Labute approximate surface area is 54.8 Å². The summed E-state index contributed by atoms with van der Waals surface area (Å²) in [6.07, 6.45) is 9.82. The lowest BCUT2D eigenvalue weighted by molar-refractivity contribution is 0.940. The number of allylic oxidation sites excluding steroid dienone is 4. The topological polar surface area (TPSA) is 12.0 Å². The lowest BCUT2D eigenvalue weighted by Gasteiger charge is -2.07. The van der Waals surface area contributed by atoms with Gasteiger partial charge in [-0.15, -0.1) is 0 Å². The van der Waals surface area contributed by atoms with Gasteiger partial charge in [-0.1, -0.05) is 18.2 Å². The lowest BCUT2D eigenvalue weighted by Crippen LogP contribution is -2.10. The molecule has 0 aromatic carbocycles. The van der Waals surface area contributed by atoms with Crippen LogP contribution in [0.5, 0.6) is 0 Å². The van der Waals surface area contributed by atoms with Crippen LogP contribution >= 0.6 is 0 Å². The fraction of sp³-hybridized carbons (Fsp3) is 0.250. The smallest absolute Gasteiger partial charge is 0.0334 e. The Kier molecular flexibility index (Phi) is 0.950. The summed E-state index contributed by atoms with van der Waals surface area (Å²) in [5.74, 6) is 0. The Morgan fingerprint density at radius 1 is 1.44 bits per heavy atom. The van der Waals surface area contributed by atoms with E-state index < -0.39 is 0 Å². The molecule has 0 aromatic heterocycles. The molecule has 1 nitrogen and oxygen atoms in total. The zero-order chi connectivity index (χ0) is 6.10. The van der Waals surface area contributed by atoms with Crippen LogP contribution in [-0.4, -0.2) is 6.54 Å². The third-order valence-corrected chi connectivity index (χ3v) is 1.72. The first kappa shape index (κ1) is 4.86. The molecule has 0 unspecified atom stereocenters. The maximum Gasteiger partial charge on any atom is 0.0334 e. The lowest BCUT2D eigenvalue weighted by atomic mass is 10.1. The summed E-state index contributed by atoms with van der Waals surface area (Å²) in [5, 5.41) is 3.18. The molecular formula is C8H9N. The van der Waals surface area contributed by atoms with Crippen molar-refractivity contribution < 1.29 is 0 Å². The van der Waals surface area contributed by atoms with Gasteiger partial charge in [0.2, 0.25) is 0 Å². The zero-order valence-corrected chi connectivity index (χ0v) is 5.22. The van der Waals surface area contributed by atoms with Crippen molar-refractivity contribution in [2.24, 2.45) is 0 Å². The van der Waals surface area contributed by atoms with Crippen LogP contribution in [0.1, 0.15) is 6.42 Å². The van der Waals surface area contributed by atoms with Gasteiger partial charge in [-0.25, -0.2) is 0 Å². The van der Waals surface area contributed by atoms with Gasteiger partial charge in [0.25, 0.3) is 0 Å². The van der Waals surface area contributed by atoms with Gasteiger partial charge in [-0.2, -0.15) is 0 Å². The monoisotopic (exact) mass is 119 g/mol. The number of hydrogen-bond acceptors (Lipinski definition) is 1. The average molecular weight is 119 g/mol. The normalized spacial score (nSPS) is 22.2. The minimum Gasteiger partial charge on any atom is -0.387 e. The van der Waals surface area contributed by atoms with Gasteiger partial charge in [0.1, 0.15) is 0 Å². The van der Waals surface area contributed by atoms with E-state index in [4.69, 9.17) is 0 Å². The molecule has 46 valence electrons. The second-order valence-electron chi connectivity index (χ2n) is 2.34. The summed E-state index contributed by atoms with van der Waals surface area (Å²) in [6.45, 7) is 0.989. The fourth-order valence-electron chi connectivity index (χ4n) is 1.23. The van der Waals surface area contributed by atoms with Crippen LogP contribution in [0.4, 0.5) is 0 Å². The van der Waals surface area contributed by atoms with Gasteiger partial charge in [-0.3, -0.25) is 0 Å². The highest BCUT2D eigenvalue weighted by Crippen LogP contribution is 2.23. The summed E-state index contributed by atoms with van der Waals surface area (Å²) in [5.41, 5.74) is 2.84. The van der Waals surface area contributed by atoms with Crippen molar-refractivity contribution in [1.82, 2.24) is 5.32 Å². The first-order chi connectivity index (χ1) is 4.47. The van der Waals surface area contributed by atoms with E-state index in [-0.39, 0.29) is 0 Å². The average Bonchev–Trinajstić information content (AvgIpc) is 2.33. The summed E-state index contributed by atoms with van der Waals surface area (Å²) >= 11 is 0. The zero-order valence-electron chi connectivity index (χ0n) is 5.22. The van der Waals surface area contributed by atoms with E-state index in [9.17, 15) is 0 Å². The van der Waals surface area contributed by atoms with E-state index in [1.54, 1.807) is 0 Å². The first-order valence-corrected chi connectivity index (χ1v) is 3.26. The highest BCUT2D eigenvalue weighted by molar-refractivity contribution is 5.47. The van der Waals surface area contributed by atoms with E-state index in [1.165, 1.54) is 11.1 Å². The largest absolute Gasteiger partial charge is 0.387 e. The Morgan fingerprint density at radius 3 is 3.33 bits per heavy atom. The van der Waals surface area contributed by atoms with Gasteiger partial charge < -0.3 is 5.32 Å². The van der Waals surface area contributed by atoms with Crippen molar-refractivity contribution in [1.29, 1.82) is 0 Å². The molecule has 0 atom stereocenters. The predicted molar refractivity (Wildman–Crippen MR) is 37.9 cm³/mol. The minimum atomic E-state index is 0.989. The highest BCUT2D eigenvalue weighted by atomic mass is 14.8. The Balaban J connectivity index is 2.38. The van der Waals surface area contributed by atoms with E-state index in [1.807, 2.05) is 0 Å². The van der Waals surface area contributed by atoms with Crippen LogP contribution in [-0.2, 0) is 0 Å². The summed E-state index contributed by atoms with van der Waals surface area (Å²) in [6, 6.07) is 0. The van der Waals surface area contributed by atoms with Crippen LogP contribution in [0.15, 0.2) is 35.6 Å². The van der Waals surface area contributed by atoms with E-state index in [2.05, 4.69) is 29.7 Å². The fourth-order valence-corrected chi connectivity index (χ4v) is 1.23. The number of rotatable bonds is 0. The first-order valence-electron chi connectivity index (χ1n) is 3.26. The maximum atomic E-state index is 3.18. The van der Waals surface area contributed by atoms with E-state index >= 15 is 0 Å².